The highest BCUT2D eigenvalue weighted by Crippen LogP contribution is 2.39. The van der Waals surface area contributed by atoms with Gasteiger partial charge in [0.05, 0.1) is 18.1 Å². The second-order valence-corrected chi connectivity index (χ2v) is 9.85. The van der Waals surface area contributed by atoms with Crippen molar-refractivity contribution in [3.63, 3.8) is 0 Å². The van der Waals surface area contributed by atoms with Crippen molar-refractivity contribution >= 4 is 11.8 Å². The zero-order chi connectivity index (χ0) is 20.4. The molecule has 0 unspecified atom stereocenters. The van der Waals surface area contributed by atoms with E-state index in [2.05, 4.69) is 19.2 Å². The molecule has 2 aliphatic rings. The third-order valence-electron chi connectivity index (χ3n) is 6.56. The number of carbonyl (C=O) groups excluding carboxylic acids is 2. The van der Waals surface area contributed by atoms with Crippen LogP contribution in [0.3, 0.4) is 0 Å². The number of carbonyl (C=O) groups is 2. The quantitative estimate of drug-likeness (QED) is 0.738. The Morgan fingerprint density at radius 3 is 2.30 bits per heavy atom. The van der Waals surface area contributed by atoms with Gasteiger partial charge in [0.1, 0.15) is 0 Å². The predicted molar refractivity (Wildman–Crippen MR) is 107 cm³/mol. The molecule has 2 N–H and O–H groups in total. The smallest absolute Gasteiger partial charge is 0.239 e. The summed E-state index contributed by atoms with van der Waals surface area (Å²) in [6.07, 6.45) is 4.83. The fourth-order valence-corrected chi connectivity index (χ4v) is 4.25. The molecule has 0 bridgehead atoms. The minimum atomic E-state index is -0.796. The first-order valence-electron chi connectivity index (χ1n) is 10.4. The molecule has 1 heterocycles. The zero-order valence-electron chi connectivity index (χ0n) is 18.0. The normalized spacial score (nSPS) is 26.0. The fraction of sp³-hybridized carbons (Fsp3) is 0.905. The third-order valence-corrected chi connectivity index (χ3v) is 6.56. The monoisotopic (exact) mass is 381 g/mol. The molecule has 27 heavy (non-hydrogen) atoms. The van der Waals surface area contributed by atoms with Crippen LogP contribution in [-0.4, -0.2) is 71.6 Å². The van der Waals surface area contributed by atoms with E-state index in [9.17, 15) is 14.7 Å². The summed E-state index contributed by atoms with van der Waals surface area (Å²) in [6.45, 7) is 11.3. The van der Waals surface area contributed by atoms with E-state index >= 15 is 0 Å². The van der Waals surface area contributed by atoms with Crippen LogP contribution in [0.1, 0.15) is 66.7 Å². The van der Waals surface area contributed by atoms with Crippen molar-refractivity contribution in [2.24, 2.45) is 10.8 Å². The van der Waals surface area contributed by atoms with Gasteiger partial charge in [-0.2, -0.15) is 0 Å². The molecule has 1 aliphatic heterocycles. The molecule has 0 radical (unpaired) electrons. The Bertz CT molecular complexity index is 537. The first kappa shape index (κ1) is 22.2. The molecule has 0 aromatic carbocycles. The second kappa shape index (κ2) is 8.48. The summed E-state index contributed by atoms with van der Waals surface area (Å²) in [4.78, 5) is 29.7. The number of hydrogen-bond donors (Lipinski definition) is 2. The Morgan fingerprint density at radius 1 is 1.19 bits per heavy atom. The highest BCUT2D eigenvalue weighted by atomic mass is 16.3. The summed E-state index contributed by atoms with van der Waals surface area (Å²) < 4.78 is 0. The van der Waals surface area contributed by atoms with Crippen LogP contribution in [0.5, 0.6) is 0 Å². The minimum absolute atomic E-state index is 0.00810. The van der Waals surface area contributed by atoms with Crippen molar-refractivity contribution in [3.8, 4) is 0 Å². The van der Waals surface area contributed by atoms with Gasteiger partial charge in [-0.25, -0.2) is 0 Å². The Hall–Kier alpha value is -1.14. The number of hydrogen-bond acceptors (Lipinski definition) is 4. The Morgan fingerprint density at radius 2 is 1.78 bits per heavy atom. The van der Waals surface area contributed by atoms with E-state index in [1.807, 2.05) is 32.7 Å². The second-order valence-electron chi connectivity index (χ2n) is 9.85. The Balaban J connectivity index is 2.18. The summed E-state index contributed by atoms with van der Waals surface area (Å²) in [7, 11) is 1.82. The van der Waals surface area contributed by atoms with E-state index in [4.69, 9.17) is 0 Å². The van der Waals surface area contributed by atoms with E-state index in [0.29, 0.717) is 24.9 Å². The van der Waals surface area contributed by atoms with E-state index in [-0.39, 0.29) is 36.5 Å². The van der Waals surface area contributed by atoms with Crippen LogP contribution < -0.4 is 5.32 Å². The van der Waals surface area contributed by atoms with Gasteiger partial charge in [-0.05, 0) is 58.3 Å². The van der Waals surface area contributed by atoms with Crippen LogP contribution in [0.15, 0.2) is 0 Å². The molecule has 6 nitrogen and oxygen atoms in total. The molecule has 6 heteroatoms. The molecule has 2 rings (SSSR count). The number of nitrogens with one attached hydrogen (secondary N) is 1. The van der Waals surface area contributed by atoms with Gasteiger partial charge in [-0.3, -0.25) is 9.59 Å². The van der Waals surface area contributed by atoms with E-state index < -0.39 is 5.41 Å². The van der Waals surface area contributed by atoms with Gasteiger partial charge in [0.2, 0.25) is 11.8 Å². The zero-order valence-corrected chi connectivity index (χ0v) is 18.0. The predicted octanol–water partition coefficient (Wildman–Crippen LogP) is 2.01. The lowest BCUT2D eigenvalue weighted by molar-refractivity contribution is -0.149. The van der Waals surface area contributed by atoms with Crippen LogP contribution in [0.25, 0.3) is 0 Å². The molecule has 1 saturated heterocycles. The number of amides is 2. The molecular formula is C21H39N3O3. The molecule has 2 atom stereocenters. The average Bonchev–Trinajstić information content (AvgIpc) is 3.11. The number of rotatable bonds is 6. The Labute approximate surface area is 164 Å². The Kier molecular flexibility index (Phi) is 6.96. The van der Waals surface area contributed by atoms with Crippen molar-refractivity contribution in [1.82, 2.24) is 15.1 Å². The molecular weight excluding hydrogens is 342 g/mol. The van der Waals surface area contributed by atoms with E-state index in [0.717, 1.165) is 25.7 Å². The van der Waals surface area contributed by atoms with Crippen molar-refractivity contribution in [3.05, 3.63) is 0 Å². The lowest BCUT2D eigenvalue weighted by Gasteiger charge is -2.45. The molecule has 1 saturated carbocycles. The molecule has 0 spiro atoms. The SMILES string of the molecule is CCN(C)C(=O)[C@@H]1C[C@H](N(C(=O)C(C)(C)CO)C2CCC(C)(C)CC2)CN1. The van der Waals surface area contributed by atoms with Crippen molar-refractivity contribution < 1.29 is 14.7 Å². The average molecular weight is 382 g/mol. The van der Waals surface area contributed by atoms with Crippen LogP contribution in [-0.2, 0) is 9.59 Å². The molecule has 156 valence electrons. The topological polar surface area (TPSA) is 72.9 Å². The van der Waals surface area contributed by atoms with Crippen molar-refractivity contribution in [2.45, 2.75) is 84.8 Å². The number of aliphatic hydroxyl groups is 1. The molecule has 0 aromatic heterocycles. The van der Waals surface area contributed by atoms with Gasteiger partial charge in [0.25, 0.3) is 0 Å². The van der Waals surface area contributed by atoms with Gasteiger partial charge < -0.3 is 20.2 Å². The molecule has 0 aromatic rings. The lowest BCUT2D eigenvalue weighted by atomic mass is 9.74. The third kappa shape index (κ3) is 5.02. The first-order chi connectivity index (χ1) is 12.5. The largest absolute Gasteiger partial charge is 0.395 e. The summed E-state index contributed by atoms with van der Waals surface area (Å²) in [5.41, 5.74) is -0.469. The van der Waals surface area contributed by atoms with Gasteiger partial charge in [0.15, 0.2) is 0 Å². The van der Waals surface area contributed by atoms with E-state index in [1.165, 1.54) is 0 Å². The maximum absolute atomic E-state index is 13.4. The van der Waals surface area contributed by atoms with Gasteiger partial charge >= 0.3 is 0 Å². The van der Waals surface area contributed by atoms with Gasteiger partial charge in [-0.1, -0.05) is 13.8 Å². The number of likely N-dealkylation sites (N-methyl/N-ethyl adjacent to an activating group) is 1. The molecule has 1 aliphatic carbocycles. The van der Waals surface area contributed by atoms with Gasteiger partial charge in [0, 0.05) is 32.2 Å². The minimum Gasteiger partial charge on any atom is -0.395 e. The fourth-order valence-electron chi connectivity index (χ4n) is 4.25. The number of nitrogens with zero attached hydrogens (tertiary/aromatic N) is 2. The maximum atomic E-state index is 13.4. The van der Waals surface area contributed by atoms with Gasteiger partial charge in [-0.15, -0.1) is 0 Å². The van der Waals surface area contributed by atoms with Crippen LogP contribution in [0.4, 0.5) is 0 Å². The summed E-state index contributed by atoms with van der Waals surface area (Å²) in [5, 5.41) is 13.1. The highest BCUT2D eigenvalue weighted by Gasteiger charge is 2.44. The highest BCUT2D eigenvalue weighted by molar-refractivity contribution is 5.84. The molecule has 2 amide bonds. The van der Waals surface area contributed by atoms with Crippen LogP contribution in [0.2, 0.25) is 0 Å². The summed E-state index contributed by atoms with van der Waals surface area (Å²) >= 11 is 0. The number of aliphatic hydroxyl groups excluding tert-OH is 1. The summed E-state index contributed by atoms with van der Waals surface area (Å²) in [6, 6.07) is -0.0258. The lowest BCUT2D eigenvalue weighted by Crippen LogP contribution is -2.54. The van der Waals surface area contributed by atoms with Crippen molar-refractivity contribution in [1.29, 1.82) is 0 Å². The van der Waals surface area contributed by atoms with Crippen LogP contribution >= 0.6 is 0 Å². The standard InChI is InChI=1S/C21H39N3O3/c1-7-23(6)18(26)17-12-16(13-22-17)24(19(27)21(4,5)14-25)15-8-10-20(2,3)11-9-15/h15-17,22,25H,7-14H2,1-6H3/t16-,17-/m0/s1. The van der Waals surface area contributed by atoms with Crippen LogP contribution in [0, 0.1) is 10.8 Å². The maximum Gasteiger partial charge on any atom is 0.239 e. The van der Waals surface area contributed by atoms with Crippen molar-refractivity contribution in [2.75, 3.05) is 26.7 Å². The summed E-state index contributed by atoms with van der Waals surface area (Å²) in [5.74, 6) is 0.108. The molecule has 2 fully saturated rings. The van der Waals surface area contributed by atoms with E-state index in [1.54, 1.807) is 4.90 Å². The first-order valence-corrected chi connectivity index (χ1v) is 10.4.